The first-order valence-electron chi connectivity index (χ1n) is 10.4. The summed E-state index contributed by atoms with van der Waals surface area (Å²) in [6, 6.07) is 18.1. The van der Waals surface area contributed by atoms with Crippen LogP contribution in [0.25, 0.3) is 11.5 Å². The van der Waals surface area contributed by atoms with Crippen molar-refractivity contribution in [2.24, 2.45) is 0 Å². The number of nitrogens with one attached hydrogen (secondary N) is 1. The number of anilines is 1. The van der Waals surface area contributed by atoms with Gasteiger partial charge in [-0.3, -0.25) is 4.79 Å². The molecule has 35 heavy (non-hydrogen) atoms. The molecule has 4 aromatic rings. The lowest BCUT2D eigenvalue weighted by Crippen LogP contribution is -2.19. The van der Waals surface area contributed by atoms with Crippen LogP contribution in [-0.4, -0.2) is 37.4 Å². The van der Waals surface area contributed by atoms with Crippen LogP contribution in [0.1, 0.15) is 10.8 Å². The van der Waals surface area contributed by atoms with Crippen LogP contribution in [0.15, 0.2) is 76.4 Å². The summed E-state index contributed by atoms with van der Waals surface area (Å²) in [5.41, 5.74) is 1.78. The standard InChI is InChI=1S/C25H22FN3O5S/c1-31-19-13-16(14-20(32-2)21(19)33-3)24-28-29-25(34-24)35-22(15-7-5-4-6-8-15)23(30)27-18-11-9-17(26)10-12-18/h4-14,22H,1-3H3,(H,27,30)/t22-/m0/s1. The molecule has 1 amide bonds. The summed E-state index contributed by atoms with van der Waals surface area (Å²) >= 11 is 1.10. The van der Waals surface area contributed by atoms with Crippen LogP contribution in [0.3, 0.4) is 0 Å². The molecule has 0 aliphatic carbocycles. The number of aromatic nitrogens is 2. The fraction of sp³-hybridized carbons (Fsp3) is 0.160. The molecule has 8 nitrogen and oxygen atoms in total. The Kier molecular flexibility index (Phi) is 7.51. The summed E-state index contributed by atoms with van der Waals surface area (Å²) in [7, 11) is 4.54. The van der Waals surface area contributed by atoms with Crippen LogP contribution in [0.2, 0.25) is 0 Å². The fourth-order valence-electron chi connectivity index (χ4n) is 3.32. The Morgan fingerprint density at radius 1 is 0.943 bits per heavy atom. The van der Waals surface area contributed by atoms with Crippen molar-refractivity contribution in [2.45, 2.75) is 10.5 Å². The molecule has 3 aromatic carbocycles. The lowest BCUT2D eigenvalue weighted by Gasteiger charge is -2.15. The van der Waals surface area contributed by atoms with E-state index in [0.717, 1.165) is 17.3 Å². The Morgan fingerprint density at radius 3 is 2.20 bits per heavy atom. The molecule has 1 aromatic heterocycles. The second-order valence-corrected chi connectivity index (χ2v) is 8.25. The third-order valence-corrected chi connectivity index (χ3v) is 6.08. The van der Waals surface area contributed by atoms with E-state index in [2.05, 4.69) is 15.5 Å². The summed E-state index contributed by atoms with van der Waals surface area (Å²) in [6.45, 7) is 0. The fourth-order valence-corrected chi connectivity index (χ4v) is 4.20. The molecule has 0 radical (unpaired) electrons. The third-order valence-electron chi connectivity index (χ3n) is 4.99. The predicted molar refractivity (Wildman–Crippen MR) is 129 cm³/mol. The number of hydrogen-bond donors (Lipinski definition) is 1. The van der Waals surface area contributed by atoms with Crippen LogP contribution in [-0.2, 0) is 4.79 Å². The number of nitrogens with zero attached hydrogens (tertiary/aromatic N) is 2. The molecule has 1 heterocycles. The predicted octanol–water partition coefficient (Wildman–Crippen LogP) is 5.37. The van der Waals surface area contributed by atoms with Gasteiger partial charge >= 0.3 is 0 Å². The molecule has 0 spiro atoms. The molecule has 0 fully saturated rings. The highest BCUT2D eigenvalue weighted by molar-refractivity contribution is 8.00. The monoisotopic (exact) mass is 495 g/mol. The Morgan fingerprint density at radius 2 is 1.60 bits per heavy atom. The SMILES string of the molecule is COc1cc(-c2nnc(S[C@H](C(=O)Nc3ccc(F)cc3)c3ccccc3)o2)cc(OC)c1OC. The van der Waals surface area contributed by atoms with Gasteiger partial charge in [0.05, 0.1) is 21.3 Å². The maximum atomic E-state index is 13.2. The topological polar surface area (TPSA) is 95.7 Å². The van der Waals surface area contributed by atoms with E-state index in [4.69, 9.17) is 18.6 Å². The van der Waals surface area contributed by atoms with E-state index in [9.17, 15) is 9.18 Å². The molecule has 10 heteroatoms. The van der Waals surface area contributed by atoms with Crippen molar-refractivity contribution >= 4 is 23.4 Å². The molecule has 0 aliphatic heterocycles. The lowest BCUT2D eigenvalue weighted by atomic mass is 10.1. The molecule has 180 valence electrons. The molecule has 0 saturated heterocycles. The van der Waals surface area contributed by atoms with Crippen molar-refractivity contribution in [1.29, 1.82) is 0 Å². The average Bonchev–Trinajstić information content (AvgIpc) is 3.37. The van der Waals surface area contributed by atoms with Gasteiger partial charge in [-0.05, 0) is 53.7 Å². The van der Waals surface area contributed by atoms with Gasteiger partial charge in [0.25, 0.3) is 5.22 Å². The minimum absolute atomic E-state index is 0.192. The number of rotatable bonds is 9. The van der Waals surface area contributed by atoms with E-state index in [1.165, 1.54) is 45.6 Å². The van der Waals surface area contributed by atoms with Crippen molar-refractivity contribution < 1.29 is 27.8 Å². The van der Waals surface area contributed by atoms with E-state index in [0.29, 0.717) is 28.5 Å². The number of carbonyl (C=O) groups excluding carboxylic acids is 1. The highest BCUT2D eigenvalue weighted by Crippen LogP contribution is 2.42. The Balaban J connectivity index is 1.61. The number of carbonyl (C=O) groups is 1. The van der Waals surface area contributed by atoms with Gasteiger partial charge in [-0.1, -0.05) is 30.3 Å². The molecule has 0 aliphatic rings. The van der Waals surface area contributed by atoms with Crippen LogP contribution in [0, 0.1) is 5.82 Å². The van der Waals surface area contributed by atoms with Gasteiger partial charge in [-0.15, -0.1) is 10.2 Å². The zero-order chi connectivity index (χ0) is 24.8. The number of halogens is 1. The highest BCUT2D eigenvalue weighted by atomic mass is 32.2. The smallest absolute Gasteiger partial charge is 0.277 e. The highest BCUT2D eigenvalue weighted by Gasteiger charge is 2.26. The van der Waals surface area contributed by atoms with E-state index < -0.39 is 5.25 Å². The largest absolute Gasteiger partial charge is 0.493 e. The second-order valence-electron chi connectivity index (χ2n) is 7.19. The zero-order valence-electron chi connectivity index (χ0n) is 19.2. The Hall–Kier alpha value is -4.05. The zero-order valence-corrected chi connectivity index (χ0v) is 20.0. The van der Waals surface area contributed by atoms with Gasteiger partial charge in [0, 0.05) is 11.3 Å². The maximum absolute atomic E-state index is 13.2. The molecular formula is C25H22FN3O5S. The molecule has 0 bridgehead atoms. The number of methoxy groups -OCH3 is 3. The quantitative estimate of drug-likeness (QED) is 0.310. The number of hydrogen-bond acceptors (Lipinski definition) is 8. The van der Waals surface area contributed by atoms with Crippen molar-refractivity contribution in [1.82, 2.24) is 10.2 Å². The van der Waals surface area contributed by atoms with Gasteiger partial charge in [-0.2, -0.15) is 0 Å². The summed E-state index contributed by atoms with van der Waals surface area (Å²) in [5, 5.41) is 10.5. The summed E-state index contributed by atoms with van der Waals surface area (Å²) < 4.78 is 35.2. The van der Waals surface area contributed by atoms with Crippen molar-refractivity contribution in [3.05, 3.63) is 78.1 Å². The summed E-state index contributed by atoms with van der Waals surface area (Å²) in [4.78, 5) is 13.2. The van der Waals surface area contributed by atoms with Gasteiger partial charge in [-0.25, -0.2) is 4.39 Å². The molecule has 0 saturated carbocycles. The summed E-state index contributed by atoms with van der Waals surface area (Å²) in [5.74, 6) is 0.833. The minimum atomic E-state index is -0.700. The van der Waals surface area contributed by atoms with Gasteiger partial charge < -0.3 is 23.9 Å². The number of benzene rings is 3. The van der Waals surface area contributed by atoms with Crippen LogP contribution in [0.5, 0.6) is 17.2 Å². The van der Waals surface area contributed by atoms with Crippen molar-refractivity contribution in [3.8, 4) is 28.7 Å². The second kappa shape index (κ2) is 10.9. The van der Waals surface area contributed by atoms with Crippen molar-refractivity contribution in [2.75, 3.05) is 26.6 Å². The van der Waals surface area contributed by atoms with E-state index in [1.54, 1.807) is 12.1 Å². The summed E-state index contributed by atoms with van der Waals surface area (Å²) in [6.07, 6.45) is 0. The normalized spacial score (nSPS) is 11.5. The van der Waals surface area contributed by atoms with Crippen LogP contribution in [0.4, 0.5) is 10.1 Å². The number of thioether (sulfide) groups is 1. The molecular weight excluding hydrogens is 473 g/mol. The van der Waals surface area contributed by atoms with E-state index in [-0.39, 0.29) is 22.8 Å². The number of amides is 1. The van der Waals surface area contributed by atoms with Gasteiger partial charge in [0.15, 0.2) is 11.5 Å². The molecule has 0 unspecified atom stereocenters. The van der Waals surface area contributed by atoms with Gasteiger partial charge in [0.2, 0.25) is 17.5 Å². The molecule has 1 atom stereocenters. The van der Waals surface area contributed by atoms with Crippen LogP contribution >= 0.6 is 11.8 Å². The third kappa shape index (κ3) is 5.55. The Labute approximate surface area is 205 Å². The molecule has 4 rings (SSSR count). The first kappa shape index (κ1) is 24.1. The van der Waals surface area contributed by atoms with Gasteiger partial charge in [0.1, 0.15) is 11.1 Å². The molecule has 1 N–H and O–H groups in total. The van der Waals surface area contributed by atoms with E-state index in [1.807, 2.05) is 30.3 Å². The van der Waals surface area contributed by atoms with E-state index >= 15 is 0 Å². The first-order valence-corrected chi connectivity index (χ1v) is 11.3. The average molecular weight is 496 g/mol. The Bertz CT molecular complexity index is 1270. The maximum Gasteiger partial charge on any atom is 0.277 e. The first-order chi connectivity index (χ1) is 17.0. The lowest BCUT2D eigenvalue weighted by molar-refractivity contribution is -0.115. The number of ether oxygens (including phenoxy) is 3. The van der Waals surface area contributed by atoms with Crippen molar-refractivity contribution in [3.63, 3.8) is 0 Å². The minimum Gasteiger partial charge on any atom is -0.493 e. The van der Waals surface area contributed by atoms with Crippen LogP contribution < -0.4 is 19.5 Å².